The van der Waals surface area contributed by atoms with Crippen LogP contribution in [-0.2, 0) is 27.8 Å². The van der Waals surface area contributed by atoms with Crippen molar-refractivity contribution in [2.75, 3.05) is 25.9 Å². The highest BCUT2D eigenvalue weighted by molar-refractivity contribution is 7.88. The molecule has 1 saturated heterocycles. The van der Waals surface area contributed by atoms with E-state index in [-0.39, 0.29) is 25.5 Å². The molecule has 1 aliphatic rings. The van der Waals surface area contributed by atoms with E-state index in [1.165, 1.54) is 5.56 Å². The highest BCUT2D eigenvalue weighted by atomic mass is 32.2. The molecular weight excluding hydrogens is 316 g/mol. The van der Waals surface area contributed by atoms with Gasteiger partial charge in [-0.2, -0.15) is 0 Å². The van der Waals surface area contributed by atoms with Crippen molar-refractivity contribution in [3.63, 3.8) is 0 Å². The van der Waals surface area contributed by atoms with Crippen LogP contribution in [0, 0.1) is 5.92 Å². The number of nitrogens with zero attached hydrogens (tertiary/aromatic N) is 1. The SMILES string of the molecule is CS(=O)(=O)NCCC(=O)N1CC[C@@H](Cc2ccc(CO)cc2)C1. The third-order valence-corrected chi connectivity index (χ3v) is 4.80. The summed E-state index contributed by atoms with van der Waals surface area (Å²) in [6.07, 6.45) is 3.17. The van der Waals surface area contributed by atoms with E-state index in [0.29, 0.717) is 5.92 Å². The monoisotopic (exact) mass is 340 g/mol. The van der Waals surface area contributed by atoms with Gasteiger partial charge in [0.15, 0.2) is 0 Å². The Morgan fingerprint density at radius 1 is 1.30 bits per heavy atom. The summed E-state index contributed by atoms with van der Waals surface area (Å²) in [7, 11) is -3.24. The van der Waals surface area contributed by atoms with Crippen molar-refractivity contribution in [2.24, 2.45) is 5.92 Å². The minimum Gasteiger partial charge on any atom is -0.392 e. The lowest BCUT2D eigenvalue weighted by Crippen LogP contribution is -2.33. The molecule has 6 nitrogen and oxygen atoms in total. The highest BCUT2D eigenvalue weighted by Gasteiger charge is 2.26. The molecule has 1 fully saturated rings. The minimum absolute atomic E-state index is 0.000668. The fourth-order valence-electron chi connectivity index (χ4n) is 2.84. The summed E-state index contributed by atoms with van der Waals surface area (Å²) >= 11 is 0. The Morgan fingerprint density at radius 3 is 2.57 bits per heavy atom. The molecule has 2 N–H and O–H groups in total. The Balaban J connectivity index is 1.77. The molecule has 1 aliphatic heterocycles. The van der Waals surface area contributed by atoms with Crippen molar-refractivity contribution in [1.82, 2.24) is 9.62 Å². The first kappa shape index (κ1) is 17.9. The van der Waals surface area contributed by atoms with Crippen LogP contribution in [0.1, 0.15) is 24.0 Å². The number of sulfonamides is 1. The maximum Gasteiger partial charge on any atom is 0.223 e. The molecule has 0 aromatic heterocycles. The maximum absolute atomic E-state index is 12.1. The Kier molecular flexibility index (Phi) is 6.15. The lowest BCUT2D eigenvalue weighted by atomic mass is 9.98. The van der Waals surface area contributed by atoms with Crippen LogP contribution in [0.5, 0.6) is 0 Å². The zero-order valence-corrected chi connectivity index (χ0v) is 14.2. The molecule has 1 amide bonds. The molecule has 1 atom stereocenters. The van der Waals surface area contributed by atoms with Gasteiger partial charge in [-0.05, 0) is 29.9 Å². The molecule has 1 heterocycles. The first-order valence-electron chi connectivity index (χ1n) is 7.78. The van der Waals surface area contributed by atoms with E-state index in [2.05, 4.69) is 4.72 Å². The summed E-state index contributed by atoms with van der Waals surface area (Å²) in [4.78, 5) is 13.9. The molecule has 128 valence electrons. The van der Waals surface area contributed by atoms with Crippen LogP contribution >= 0.6 is 0 Å². The summed E-state index contributed by atoms with van der Waals surface area (Å²) in [5, 5.41) is 9.04. The molecule has 0 unspecified atom stereocenters. The number of hydrogen-bond acceptors (Lipinski definition) is 4. The topological polar surface area (TPSA) is 86.7 Å². The Hall–Kier alpha value is -1.44. The summed E-state index contributed by atoms with van der Waals surface area (Å²) in [5.41, 5.74) is 2.11. The lowest BCUT2D eigenvalue weighted by Gasteiger charge is -2.16. The quantitative estimate of drug-likeness (QED) is 0.757. The number of hydrogen-bond donors (Lipinski definition) is 2. The second-order valence-electron chi connectivity index (χ2n) is 6.09. The average Bonchev–Trinajstić information content (AvgIpc) is 2.95. The van der Waals surface area contributed by atoms with Gasteiger partial charge in [0.2, 0.25) is 15.9 Å². The standard InChI is InChI=1S/C16H24N2O4S/c1-23(21,22)17-8-6-16(20)18-9-7-15(11-18)10-13-2-4-14(12-19)5-3-13/h2-5,15,17,19H,6-12H2,1H3/t15-/m0/s1. The van der Waals surface area contributed by atoms with Crippen molar-refractivity contribution in [1.29, 1.82) is 0 Å². The van der Waals surface area contributed by atoms with Crippen molar-refractivity contribution in [3.05, 3.63) is 35.4 Å². The zero-order valence-electron chi connectivity index (χ0n) is 13.4. The van der Waals surface area contributed by atoms with Gasteiger partial charge in [-0.15, -0.1) is 0 Å². The first-order chi connectivity index (χ1) is 10.9. The number of rotatable bonds is 7. The number of amides is 1. The van der Waals surface area contributed by atoms with Gasteiger partial charge < -0.3 is 10.0 Å². The van der Waals surface area contributed by atoms with E-state index in [1.807, 2.05) is 29.2 Å². The van der Waals surface area contributed by atoms with Crippen LogP contribution < -0.4 is 4.72 Å². The van der Waals surface area contributed by atoms with Crippen molar-refractivity contribution < 1.29 is 18.3 Å². The summed E-state index contributed by atoms with van der Waals surface area (Å²) in [6.45, 7) is 1.66. The van der Waals surface area contributed by atoms with Gasteiger partial charge in [0.25, 0.3) is 0 Å². The van der Waals surface area contributed by atoms with Gasteiger partial charge in [-0.25, -0.2) is 13.1 Å². The minimum atomic E-state index is -3.24. The van der Waals surface area contributed by atoms with Crippen LogP contribution in [-0.4, -0.2) is 50.2 Å². The second-order valence-corrected chi connectivity index (χ2v) is 7.92. The van der Waals surface area contributed by atoms with Crippen molar-refractivity contribution >= 4 is 15.9 Å². The molecule has 0 aliphatic carbocycles. The molecule has 23 heavy (non-hydrogen) atoms. The second kappa shape index (κ2) is 7.90. The number of aliphatic hydroxyl groups is 1. The molecule has 2 rings (SSSR count). The van der Waals surface area contributed by atoms with E-state index in [9.17, 15) is 13.2 Å². The third kappa shape index (κ3) is 5.93. The van der Waals surface area contributed by atoms with E-state index < -0.39 is 10.0 Å². The molecule has 0 radical (unpaired) electrons. The van der Waals surface area contributed by atoms with E-state index in [4.69, 9.17) is 5.11 Å². The first-order valence-corrected chi connectivity index (χ1v) is 9.67. The molecule has 1 aromatic carbocycles. The predicted octanol–water partition coefficient (Wildman–Crippen LogP) is 0.509. The predicted molar refractivity (Wildman–Crippen MR) is 88.2 cm³/mol. The number of carbonyl (C=O) groups excluding carboxylic acids is 1. The van der Waals surface area contributed by atoms with Gasteiger partial charge >= 0.3 is 0 Å². The Labute approximate surface area is 137 Å². The molecule has 1 aromatic rings. The van der Waals surface area contributed by atoms with Crippen LogP contribution in [0.2, 0.25) is 0 Å². The van der Waals surface area contributed by atoms with Crippen LogP contribution in [0.3, 0.4) is 0 Å². The van der Waals surface area contributed by atoms with E-state index in [0.717, 1.165) is 37.8 Å². The maximum atomic E-state index is 12.1. The third-order valence-electron chi connectivity index (χ3n) is 4.07. The van der Waals surface area contributed by atoms with Crippen molar-refractivity contribution in [3.8, 4) is 0 Å². The van der Waals surface area contributed by atoms with Gasteiger partial charge in [0.05, 0.1) is 12.9 Å². The number of aliphatic hydroxyl groups excluding tert-OH is 1. The normalized spacial score (nSPS) is 18.3. The summed E-state index contributed by atoms with van der Waals surface area (Å²) in [6, 6.07) is 7.88. The van der Waals surface area contributed by atoms with Crippen molar-refractivity contribution in [2.45, 2.75) is 25.9 Å². The fraction of sp³-hybridized carbons (Fsp3) is 0.562. The van der Waals surface area contributed by atoms with Crippen LogP contribution in [0.15, 0.2) is 24.3 Å². The molecule has 0 saturated carbocycles. The van der Waals surface area contributed by atoms with Gasteiger partial charge in [-0.3, -0.25) is 4.79 Å². The Morgan fingerprint density at radius 2 is 1.96 bits per heavy atom. The van der Waals surface area contributed by atoms with Gasteiger partial charge in [0, 0.05) is 26.1 Å². The number of benzene rings is 1. The number of nitrogens with one attached hydrogen (secondary N) is 1. The highest BCUT2D eigenvalue weighted by Crippen LogP contribution is 2.21. The Bertz CT molecular complexity index is 628. The average molecular weight is 340 g/mol. The smallest absolute Gasteiger partial charge is 0.223 e. The molecule has 0 spiro atoms. The van der Waals surface area contributed by atoms with E-state index >= 15 is 0 Å². The van der Waals surface area contributed by atoms with E-state index in [1.54, 1.807) is 0 Å². The van der Waals surface area contributed by atoms with Gasteiger partial charge in [0.1, 0.15) is 0 Å². The molecule has 0 bridgehead atoms. The van der Waals surface area contributed by atoms with Crippen LogP contribution in [0.25, 0.3) is 0 Å². The fourth-order valence-corrected chi connectivity index (χ4v) is 3.31. The zero-order chi connectivity index (χ0) is 16.9. The van der Waals surface area contributed by atoms with Crippen LogP contribution in [0.4, 0.5) is 0 Å². The summed E-state index contributed by atoms with van der Waals surface area (Å²) < 4.78 is 24.3. The molecule has 7 heteroatoms. The number of likely N-dealkylation sites (tertiary alicyclic amines) is 1. The summed E-state index contributed by atoms with van der Waals surface area (Å²) in [5.74, 6) is 0.432. The van der Waals surface area contributed by atoms with Gasteiger partial charge in [-0.1, -0.05) is 24.3 Å². The largest absolute Gasteiger partial charge is 0.392 e. The number of carbonyl (C=O) groups is 1. The lowest BCUT2D eigenvalue weighted by molar-refractivity contribution is -0.130. The molecular formula is C16H24N2O4S.